The smallest absolute Gasteiger partial charge is 0.0297 e. The fourth-order valence-corrected chi connectivity index (χ4v) is 1.64. The van der Waals surface area contributed by atoms with Crippen LogP contribution in [0.25, 0.3) is 0 Å². The van der Waals surface area contributed by atoms with Gasteiger partial charge in [0.05, 0.1) is 0 Å². The molecule has 1 aromatic rings. The Morgan fingerprint density at radius 3 is 2.29 bits per heavy atom. The molecule has 1 heteroatoms. The maximum atomic E-state index is 6.11. The van der Waals surface area contributed by atoms with E-state index < -0.39 is 0 Å². The summed E-state index contributed by atoms with van der Waals surface area (Å²) in [5.41, 5.74) is 10.1. The van der Waals surface area contributed by atoms with Gasteiger partial charge in [-0.3, -0.25) is 0 Å². The largest absolute Gasteiger partial charge is 0.324 e. The first-order valence-corrected chi connectivity index (χ1v) is 5.33. The third-order valence-electron chi connectivity index (χ3n) is 2.68. The van der Waals surface area contributed by atoms with E-state index in [1.165, 1.54) is 16.7 Å². The molecule has 1 nitrogen and oxygen atoms in total. The lowest BCUT2D eigenvalue weighted by atomic mass is 9.95. The first kappa shape index (κ1) is 11.3. The fourth-order valence-electron chi connectivity index (χ4n) is 1.64. The van der Waals surface area contributed by atoms with Crippen molar-refractivity contribution in [3.05, 3.63) is 34.9 Å². The maximum absolute atomic E-state index is 6.11. The van der Waals surface area contributed by atoms with Gasteiger partial charge in [0, 0.05) is 6.04 Å². The molecule has 14 heavy (non-hydrogen) atoms. The predicted octanol–water partition coefficient (Wildman–Crippen LogP) is 3.35. The predicted molar refractivity (Wildman–Crippen MR) is 62.3 cm³/mol. The van der Waals surface area contributed by atoms with Crippen LogP contribution in [-0.4, -0.2) is 0 Å². The molecule has 1 rings (SSSR count). The molecular weight excluding hydrogens is 170 g/mol. The highest BCUT2D eigenvalue weighted by molar-refractivity contribution is 5.31. The maximum Gasteiger partial charge on any atom is 0.0297 e. The Labute approximate surface area is 87.3 Å². The second-order valence-corrected chi connectivity index (χ2v) is 4.58. The number of aryl methyl sites for hydroxylation is 2. The molecule has 0 radical (unpaired) electrons. The van der Waals surface area contributed by atoms with Crippen LogP contribution < -0.4 is 5.73 Å². The molecule has 0 amide bonds. The molecule has 0 aliphatic heterocycles. The van der Waals surface area contributed by atoms with Crippen LogP contribution in [0.2, 0.25) is 0 Å². The van der Waals surface area contributed by atoms with Crippen LogP contribution in [0.4, 0.5) is 0 Å². The van der Waals surface area contributed by atoms with Crippen molar-refractivity contribution in [2.24, 2.45) is 11.7 Å². The van der Waals surface area contributed by atoms with E-state index in [-0.39, 0.29) is 6.04 Å². The molecular formula is C13H21N. The van der Waals surface area contributed by atoms with Crippen LogP contribution in [0.3, 0.4) is 0 Å². The minimum atomic E-state index is 0.189. The Balaban J connectivity index is 2.80. The number of hydrogen-bond donors (Lipinski definition) is 1. The van der Waals surface area contributed by atoms with Gasteiger partial charge in [0.15, 0.2) is 0 Å². The first-order valence-electron chi connectivity index (χ1n) is 5.33. The third-order valence-corrected chi connectivity index (χ3v) is 2.68. The normalized spacial score (nSPS) is 13.3. The van der Waals surface area contributed by atoms with E-state index in [0.717, 1.165) is 6.42 Å². The Morgan fingerprint density at radius 2 is 1.79 bits per heavy atom. The molecule has 0 saturated carbocycles. The van der Waals surface area contributed by atoms with Crippen molar-refractivity contribution in [1.82, 2.24) is 0 Å². The summed E-state index contributed by atoms with van der Waals surface area (Å²) < 4.78 is 0. The van der Waals surface area contributed by atoms with Crippen molar-refractivity contribution in [2.75, 3.05) is 0 Å². The molecule has 1 atom stereocenters. The summed E-state index contributed by atoms with van der Waals surface area (Å²) in [5.74, 6) is 0.659. The van der Waals surface area contributed by atoms with E-state index in [9.17, 15) is 0 Å². The molecule has 1 aromatic carbocycles. The van der Waals surface area contributed by atoms with Crippen molar-refractivity contribution < 1.29 is 0 Å². The molecule has 0 spiro atoms. The van der Waals surface area contributed by atoms with Crippen molar-refractivity contribution in [1.29, 1.82) is 0 Å². The highest BCUT2D eigenvalue weighted by atomic mass is 14.6. The molecule has 0 aromatic heterocycles. The third kappa shape index (κ3) is 2.85. The molecule has 2 N–H and O–H groups in total. The topological polar surface area (TPSA) is 26.0 Å². The SMILES string of the molecule is Cc1ccc([C@@H](N)CC(C)C)cc1C. The van der Waals surface area contributed by atoms with Gasteiger partial charge in [-0.1, -0.05) is 32.0 Å². The van der Waals surface area contributed by atoms with Gasteiger partial charge in [-0.05, 0) is 42.9 Å². The molecule has 0 heterocycles. The van der Waals surface area contributed by atoms with E-state index in [1.807, 2.05) is 0 Å². The van der Waals surface area contributed by atoms with Crippen LogP contribution in [0.5, 0.6) is 0 Å². The lowest BCUT2D eigenvalue weighted by Crippen LogP contribution is -2.13. The summed E-state index contributed by atoms with van der Waals surface area (Å²) in [7, 11) is 0. The molecule has 0 saturated heterocycles. The number of rotatable bonds is 3. The van der Waals surface area contributed by atoms with Gasteiger partial charge < -0.3 is 5.73 Å². The van der Waals surface area contributed by atoms with E-state index >= 15 is 0 Å². The molecule has 78 valence electrons. The standard InChI is InChI=1S/C13H21N/c1-9(2)7-13(14)12-6-5-10(3)11(4)8-12/h5-6,8-9,13H,7,14H2,1-4H3/t13-/m0/s1. The molecule has 0 bridgehead atoms. The van der Waals surface area contributed by atoms with E-state index in [4.69, 9.17) is 5.73 Å². The summed E-state index contributed by atoms with van der Waals surface area (Å²) >= 11 is 0. The minimum absolute atomic E-state index is 0.189. The number of hydrogen-bond acceptors (Lipinski definition) is 1. The number of nitrogens with two attached hydrogens (primary N) is 1. The number of benzene rings is 1. The van der Waals surface area contributed by atoms with Gasteiger partial charge in [0.1, 0.15) is 0 Å². The van der Waals surface area contributed by atoms with Crippen molar-refractivity contribution in [3.63, 3.8) is 0 Å². The molecule has 0 aliphatic rings. The van der Waals surface area contributed by atoms with Gasteiger partial charge >= 0.3 is 0 Å². The molecule has 0 unspecified atom stereocenters. The Bertz CT molecular complexity index is 302. The average Bonchev–Trinajstić information content (AvgIpc) is 2.08. The van der Waals surface area contributed by atoms with Crippen LogP contribution in [0, 0.1) is 19.8 Å². The summed E-state index contributed by atoms with van der Waals surface area (Å²) in [6.45, 7) is 8.69. The highest BCUT2D eigenvalue weighted by Crippen LogP contribution is 2.20. The van der Waals surface area contributed by atoms with Gasteiger partial charge in [-0.25, -0.2) is 0 Å². The minimum Gasteiger partial charge on any atom is -0.324 e. The van der Waals surface area contributed by atoms with Crippen LogP contribution >= 0.6 is 0 Å². The molecule has 0 fully saturated rings. The lowest BCUT2D eigenvalue weighted by Gasteiger charge is -2.15. The van der Waals surface area contributed by atoms with Crippen molar-refractivity contribution in [2.45, 2.75) is 40.2 Å². The van der Waals surface area contributed by atoms with E-state index in [2.05, 4.69) is 45.9 Å². The monoisotopic (exact) mass is 191 g/mol. The second kappa shape index (κ2) is 4.61. The van der Waals surface area contributed by atoms with Crippen LogP contribution in [-0.2, 0) is 0 Å². The van der Waals surface area contributed by atoms with E-state index in [0.29, 0.717) is 5.92 Å². The fraction of sp³-hybridized carbons (Fsp3) is 0.538. The van der Waals surface area contributed by atoms with Gasteiger partial charge in [-0.15, -0.1) is 0 Å². The Hall–Kier alpha value is -0.820. The summed E-state index contributed by atoms with van der Waals surface area (Å²) in [4.78, 5) is 0. The van der Waals surface area contributed by atoms with Gasteiger partial charge in [0.2, 0.25) is 0 Å². The van der Waals surface area contributed by atoms with E-state index in [1.54, 1.807) is 0 Å². The average molecular weight is 191 g/mol. The summed E-state index contributed by atoms with van der Waals surface area (Å²) in [6.07, 6.45) is 1.06. The quantitative estimate of drug-likeness (QED) is 0.779. The van der Waals surface area contributed by atoms with Gasteiger partial charge in [0.25, 0.3) is 0 Å². The Morgan fingerprint density at radius 1 is 1.14 bits per heavy atom. The molecule has 0 aliphatic carbocycles. The van der Waals surface area contributed by atoms with Gasteiger partial charge in [-0.2, -0.15) is 0 Å². The zero-order chi connectivity index (χ0) is 10.7. The Kier molecular flexibility index (Phi) is 3.70. The highest BCUT2D eigenvalue weighted by Gasteiger charge is 2.08. The van der Waals surface area contributed by atoms with Crippen molar-refractivity contribution >= 4 is 0 Å². The summed E-state index contributed by atoms with van der Waals surface area (Å²) in [6, 6.07) is 6.71. The zero-order valence-electron chi connectivity index (χ0n) is 9.67. The lowest BCUT2D eigenvalue weighted by molar-refractivity contribution is 0.510. The summed E-state index contributed by atoms with van der Waals surface area (Å²) in [5, 5.41) is 0. The van der Waals surface area contributed by atoms with Crippen molar-refractivity contribution in [3.8, 4) is 0 Å². The van der Waals surface area contributed by atoms with Crippen LogP contribution in [0.1, 0.15) is 43.0 Å². The second-order valence-electron chi connectivity index (χ2n) is 4.58. The first-order chi connectivity index (χ1) is 6.50. The zero-order valence-corrected chi connectivity index (χ0v) is 9.67. The van der Waals surface area contributed by atoms with Crippen LogP contribution in [0.15, 0.2) is 18.2 Å².